The lowest BCUT2D eigenvalue weighted by molar-refractivity contribution is 0.281. The van der Waals surface area contributed by atoms with Gasteiger partial charge < -0.3 is 15.1 Å². The quantitative estimate of drug-likeness (QED) is 0.637. The van der Waals surface area contributed by atoms with E-state index in [0.717, 1.165) is 0 Å². The Morgan fingerprint density at radius 2 is 1.70 bits per heavy atom. The van der Waals surface area contributed by atoms with Gasteiger partial charge >= 0.3 is 0 Å². The standard InChI is InChI=1S/C13H22N2O4S/c1-11(2)14-20(18,19)13-6-4-3-5-12(13)15(7-9-16)8-10-17/h3-6,11,14,16-17H,7-10H2,1-2H3. The Morgan fingerprint density at radius 1 is 1.15 bits per heavy atom. The van der Waals surface area contributed by atoms with Gasteiger partial charge in [-0.1, -0.05) is 12.1 Å². The maximum absolute atomic E-state index is 12.3. The van der Waals surface area contributed by atoms with Crippen molar-refractivity contribution < 1.29 is 18.6 Å². The molecule has 0 heterocycles. The SMILES string of the molecule is CC(C)NS(=O)(=O)c1ccccc1N(CCO)CCO. The average molecular weight is 302 g/mol. The van der Waals surface area contributed by atoms with Crippen molar-refractivity contribution in [3.05, 3.63) is 24.3 Å². The molecule has 1 rings (SSSR count). The minimum Gasteiger partial charge on any atom is -0.395 e. The lowest BCUT2D eigenvalue weighted by atomic mass is 10.3. The maximum Gasteiger partial charge on any atom is 0.242 e. The highest BCUT2D eigenvalue weighted by Crippen LogP contribution is 2.24. The van der Waals surface area contributed by atoms with Crippen molar-refractivity contribution in [1.82, 2.24) is 4.72 Å². The van der Waals surface area contributed by atoms with Crippen molar-refractivity contribution in [2.24, 2.45) is 0 Å². The molecular weight excluding hydrogens is 280 g/mol. The van der Waals surface area contributed by atoms with Gasteiger partial charge in [-0.25, -0.2) is 13.1 Å². The molecule has 0 fully saturated rings. The second-order valence-electron chi connectivity index (χ2n) is 4.68. The summed E-state index contributed by atoms with van der Waals surface area (Å²) in [6.07, 6.45) is 0. The molecule has 0 bridgehead atoms. The van der Waals surface area contributed by atoms with Crippen LogP contribution >= 0.6 is 0 Å². The molecule has 0 saturated heterocycles. The van der Waals surface area contributed by atoms with Gasteiger partial charge in [-0.3, -0.25) is 0 Å². The number of para-hydroxylation sites is 1. The molecular formula is C13H22N2O4S. The number of rotatable bonds is 8. The zero-order valence-corrected chi connectivity index (χ0v) is 12.6. The number of anilines is 1. The minimum atomic E-state index is -3.63. The third kappa shape index (κ3) is 4.45. The number of aliphatic hydroxyl groups is 2. The van der Waals surface area contributed by atoms with Crippen molar-refractivity contribution >= 4 is 15.7 Å². The van der Waals surface area contributed by atoms with Crippen LogP contribution in [0.25, 0.3) is 0 Å². The van der Waals surface area contributed by atoms with E-state index in [4.69, 9.17) is 10.2 Å². The Hall–Kier alpha value is -1.15. The van der Waals surface area contributed by atoms with Crippen LogP contribution in [0.5, 0.6) is 0 Å². The molecule has 0 saturated carbocycles. The summed E-state index contributed by atoms with van der Waals surface area (Å²) in [7, 11) is -3.63. The Bertz CT molecular complexity index is 511. The van der Waals surface area contributed by atoms with E-state index < -0.39 is 10.0 Å². The first-order valence-electron chi connectivity index (χ1n) is 6.50. The zero-order valence-electron chi connectivity index (χ0n) is 11.8. The number of nitrogens with zero attached hydrogens (tertiary/aromatic N) is 1. The van der Waals surface area contributed by atoms with Crippen molar-refractivity contribution in [2.75, 3.05) is 31.2 Å². The molecule has 3 N–H and O–H groups in total. The third-order valence-electron chi connectivity index (χ3n) is 2.63. The molecule has 114 valence electrons. The summed E-state index contributed by atoms with van der Waals surface area (Å²) in [5.74, 6) is 0. The second kappa shape index (κ2) is 7.58. The van der Waals surface area contributed by atoms with E-state index in [1.54, 1.807) is 36.9 Å². The number of aliphatic hydroxyl groups excluding tert-OH is 2. The van der Waals surface area contributed by atoms with E-state index in [9.17, 15) is 8.42 Å². The number of hydrogen-bond donors (Lipinski definition) is 3. The van der Waals surface area contributed by atoms with E-state index in [2.05, 4.69) is 4.72 Å². The predicted octanol–water partition coefficient (Wildman–Crippen LogP) is 0.164. The average Bonchev–Trinajstić information content (AvgIpc) is 2.37. The van der Waals surface area contributed by atoms with E-state index in [0.29, 0.717) is 5.69 Å². The highest BCUT2D eigenvalue weighted by Gasteiger charge is 2.21. The summed E-state index contributed by atoms with van der Waals surface area (Å²) >= 11 is 0. The molecule has 0 aliphatic rings. The Balaban J connectivity index is 3.21. The van der Waals surface area contributed by atoms with Crippen molar-refractivity contribution in [3.63, 3.8) is 0 Å². The second-order valence-corrected chi connectivity index (χ2v) is 6.36. The summed E-state index contributed by atoms with van der Waals surface area (Å²) < 4.78 is 27.2. The highest BCUT2D eigenvalue weighted by atomic mass is 32.2. The fourth-order valence-electron chi connectivity index (χ4n) is 1.91. The van der Waals surface area contributed by atoms with Crippen LogP contribution < -0.4 is 9.62 Å². The Labute approximate surface area is 120 Å². The van der Waals surface area contributed by atoms with Gasteiger partial charge in [0, 0.05) is 19.1 Å². The normalized spacial score (nSPS) is 11.8. The van der Waals surface area contributed by atoms with Crippen LogP contribution in [0.1, 0.15) is 13.8 Å². The van der Waals surface area contributed by atoms with Crippen molar-refractivity contribution in [1.29, 1.82) is 0 Å². The number of sulfonamides is 1. The fourth-order valence-corrected chi connectivity index (χ4v) is 3.39. The van der Waals surface area contributed by atoms with E-state index in [1.165, 1.54) is 6.07 Å². The van der Waals surface area contributed by atoms with Crippen LogP contribution in [0.3, 0.4) is 0 Å². The molecule has 0 atom stereocenters. The molecule has 1 aromatic carbocycles. The van der Waals surface area contributed by atoms with Crippen LogP contribution in [-0.4, -0.2) is 51.0 Å². The monoisotopic (exact) mass is 302 g/mol. The topological polar surface area (TPSA) is 89.9 Å². The van der Waals surface area contributed by atoms with Crippen molar-refractivity contribution in [2.45, 2.75) is 24.8 Å². The Morgan fingerprint density at radius 3 is 2.20 bits per heavy atom. The first-order valence-corrected chi connectivity index (χ1v) is 7.98. The molecule has 0 radical (unpaired) electrons. The molecule has 0 aromatic heterocycles. The Kier molecular flexibility index (Phi) is 6.41. The van der Waals surface area contributed by atoms with Crippen molar-refractivity contribution in [3.8, 4) is 0 Å². The van der Waals surface area contributed by atoms with Gasteiger partial charge in [0.15, 0.2) is 0 Å². The summed E-state index contributed by atoms with van der Waals surface area (Å²) in [5, 5.41) is 18.2. The first kappa shape index (κ1) is 16.9. The summed E-state index contributed by atoms with van der Waals surface area (Å²) in [6.45, 7) is 3.78. The van der Waals surface area contributed by atoms with E-state index in [1.807, 2.05) is 0 Å². The van der Waals surface area contributed by atoms with Gasteiger partial charge in [0.2, 0.25) is 10.0 Å². The molecule has 7 heteroatoms. The molecule has 20 heavy (non-hydrogen) atoms. The molecule has 0 unspecified atom stereocenters. The van der Waals surface area contributed by atoms with Crippen LogP contribution in [-0.2, 0) is 10.0 Å². The van der Waals surface area contributed by atoms with Gasteiger partial charge in [-0.05, 0) is 26.0 Å². The summed E-state index contributed by atoms with van der Waals surface area (Å²) in [4.78, 5) is 1.80. The van der Waals surface area contributed by atoms with Gasteiger partial charge in [0.05, 0.1) is 18.9 Å². The lowest BCUT2D eigenvalue weighted by Gasteiger charge is -2.25. The molecule has 0 aliphatic heterocycles. The van der Waals surface area contributed by atoms with E-state index in [-0.39, 0.29) is 37.2 Å². The van der Waals surface area contributed by atoms with E-state index >= 15 is 0 Å². The largest absolute Gasteiger partial charge is 0.395 e. The third-order valence-corrected chi connectivity index (χ3v) is 4.33. The smallest absolute Gasteiger partial charge is 0.242 e. The van der Waals surface area contributed by atoms with Crippen LogP contribution in [0.15, 0.2) is 29.2 Å². The number of nitrogens with one attached hydrogen (secondary N) is 1. The molecule has 6 nitrogen and oxygen atoms in total. The molecule has 0 amide bonds. The van der Waals surface area contributed by atoms with Gasteiger partial charge in [0.25, 0.3) is 0 Å². The predicted molar refractivity (Wildman–Crippen MR) is 78.3 cm³/mol. The molecule has 0 aliphatic carbocycles. The molecule has 1 aromatic rings. The van der Waals surface area contributed by atoms with Crippen LogP contribution in [0.2, 0.25) is 0 Å². The van der Waals surface area contributed by atoms with Gasteiger partial charge in [-0.2, -0.15) is 0 Å². The first-order chi connectivity index (χ1) is 9.42. The van der Waals surface area contributed by atoms with Gasteiger partial charge in [0.1, 0.15) is 4.90 Å². The summed E-state index contributed by atoms with van der Waals surface area (Å²) in [5.41, 5.74) is 0.476. The molecule has 0 spiro atoms. The summed E-state index contributed by atoms with van der Waals surface area (Å²) in [6, 6.07) is 6.35. The lowest BCUT2D eigenvalue weighted by Crippen LogP contribution is -2.34. The fraction of sp³-hybridized carbons (Fsp3) is 0.538. The van der Waals surface area contributed by atoms with Crippen LogP contribution in [0.4, 0.5) is 5.69 Å². The van der Waals surface area contributed by atoms with Gasteiger partial charge in [-0.15, -0.1) is 0 Å². The minimum absolute atomic E-state index is 0.119. The highest BCUT2D eigenvalue weighted by molar-refractivity contribution is 7.89. The number of hydrogen-bond acceptors (Lipinski definition) is 5. The zero-order chi connectivity index (χ0) is 15.2. The maximum atomic E-state index is 12.3. The number of benzene rings is 1. The van der Waals surface area contributed by atoms with Crippen LogP contribution in [0, 0.1) is 0 Å².